The summed E-state index contributed by atoms with van der Waals surface area (Å²) in [4.78, 5) is 19.5. The Bertz CT molecular complexity index is 936. The molecule has 4 heteroatoms. The lowest BCUT2D eigenvalue weighted by atomic mass is 9.94. The molecule has 27 heavy (non-hydrogen) atoms. The average molecular weight is 360 g/mol. The predicted octanol–water partition coefficient (Wildman–Crippen LogP) is 4.65. The zero-order valence-electron chi connectivity index (χ0n) is 15.4. The number of carbonyl (C=O) groups is 1. The molecule has 5 rings (SSSR count). The topological polar surface area (TPSA) is 46.3 Å². The molecule has 0 radical (unpaired) electrons. The number of aromatic nitrogens is 1. The first kappa shape index (κ1) is 16.5. The monoisotopic (exact) mass is 360 g/mol. The van der Waals surface area contributed by atoms with Crippen molar-refractivity contribution in [2.45, 2.75) is 43.9 Å². The Kier molecular flexibility index (Phi) is 4.19. The van der Waals surface area contributed by atoms with E-state index in [1.54, 1.807) is 0 Å². The highest BCUT2D eigenvalue weighted by Gasteiger charge is 2.30. The van der Waals surface area contributed by atoms with Crippen LogP contribution in [-0.2, 0) is 11.2 Å². The zero-order chi connectivity index (χ0) is 18.2. The number of para-hydroxylation sites is 2. The number of hydrogen-bond acceptors (Lipinski definition) is 3. The third-order valence-corrected chi connectivity index (χ3v) is 6.19. The largest absolute Gasteiger partial charge is 0.440 e. The van der Waals surface area contributed by atoms with Crippen molar-refractivity contribution >= 4 is 17.0 Å². The fourth-order valence-corrected chi connectivity index (χ4v) is 4.64. The number of piperidine rings is 1. The fraction of sp³-hybridized carbons (Fsp3) is 0.391. The fourth-order valence-electron chi connectivity index (χ4n) is 4.64. The number of nitrogens with zero attached hydrogens (tertiary/aromatic N) is 2. The van der Waals surface area contributed by atoms with E-state index in [0.29, 0.717) is 24.2 Å². The van der Waals surface area contributed by atoms with Crippen LogP contribution in [0.4, 0.5) is 0 Å². The lowest BCUT2D eigenvalue weighted by Gasteiger charge is -2.31. The van der Waals surface area contributed by atoms with E-state index in [2.05, 4.69) is 29.2 Å². The van der Waals surface area contributed by atoms with Gasteiger partial charge in [-0.05, 0) is 54.9 Å². The number of carbonyl (C=O) groups excluding carboxylic acids is 1. The Balaban J connectivity index is 1.21. The predicted molar refractivity (Wildman–Crippen MR) is 105 cm³/mol. The van der Waals surface area contributed by atoms with Gasteiger partial charge in [0, 0.05) is 25.4 Å². The second-order valence-electron chi connectivity index (χ2n) is 7.81. The van der Waals surface area contributed by atoms with Crippen LogP contribution in [0.1, 0.15) is 54.5 Å². The summed E-state index contributed by atoms with van der Waals surface area (Å²) >= 11 is 0. The van der Waals surface area contributed by atoms with Crippen molar-refractivity contribution in [1.82, 2.24) is 9.88 Å². The van der Waals surface area contributed by atoms with Crippen LogP contribution in [-0.4, -0.2) is 28.9 Å². The van der Waals surface area contributed by atoms with E-state index < -0.39 is 0 Å². The highest BCUT2D eigenvalue weighted by molar-refractivity contribution is 5.77. The van der Waals surface area contributed by atoms with Gasteiger partial charge in [-0.15, -0.1) is 0 Å². The molecule has 1 aromatic heterocycles. The van der Waals surface area contributed by atoms with Crippen molar-refractivity contribution in [3.05, 3.63) is 65.5 Å². The van der Waals surface area contributed by atoms with Gasteiger partial charge in [0.05, 0.1) is 0 Å². The first-order chi connectivity index (χ1) is 13.3. The van der Waals surface area contributed by atoms with E-state index in [-0.39, 0.29) is 0 Å². The maximum Gasteiger partial charge on any atom is 0.223 e. The van der Waals surface area contributed by atoms with Crippen molar-refractivity contribution < 1.29 is 9.21 Å². The van der Waals surface area contributed by atoms with E-state index in [9.17, 15) is 4.79 Å². The molecule has 1 fully saturated rings. The Morgan fingerprint density at radius 2 is 1.81 bits per heavy atom. The van der Waals surface area contributed by atoms with Crippen LogP contribution < -0.4 is 0 Å². The van der Waals surface area contributed by atoms with Crippen LogP contribution in [0.15, 0.2) is 52.9 Å². The smallest absolute Gasteiger partial charge is 0.223 e. The van der Waals surface area contributed by atoms with E-state index >= 15 is 0 Å². The summed E-state index contributed by atoms with van der Waals surface area (Å²) in [6.07, 6.45) is 4.71. The molecule has 0 saturated carbocycles. The van der Waals surface area contributed by atoms with Crippen molar-refractivity contribution in [3.63, 3.8) is 0 Å². The Labute approximate surface area is 159 Å². The van der Waals surface area contributed by atoms with Gasteiger partial charge < -0.3 is 9.32 Å². The lowest BCUT2D eigenvalue weighted by Crippen LogP contribution is -2.38. The van der Waals surface area contributed by atoms with Gasteiger partial charge >= 0.3 is 0 Å². The van der Waals surface area contributed by atoms with Crippen LogP contribution in [0.5, 0.6) is 0 Å². The molecule has 2 aromatic carbocycles. The normalized spacial score (nSPS) is 20.1. The van der Waals surface area contributed by atoms with Crippen molar-refractivity contribution in [1.29, 1.82) is 0 Å². The van der Waals surface area contributed by atoms with E-state index in [1.165, 1.54) is 11.1 Å². The molecule has 0 bridgehead atoms. The molecule has 3 aromatic rings. The Morgan fingerprint density at radius 3 is 2.67 bits per heavy atom. The summed E-state index contributed by atoms with van der Waals surface area (Å²) in [5.41, 5.74) is 4.58. The molecule has 1 aliphatic heterocycles. The van der Waals surface area contributed by atoms with Crippen LogP contribution in [0.2, 0.25) is 0 Å². The van der Waals surface area contributed by atoms with E-state index in [1.807, 2.05) is 29.2 Å². The minimum atomic E-state index is 0.299. The Morgan fingerprint density at radius 1 is 1.04 bits per heavy atom. The molecule has 1 unspecified atom stereocenters. The molecule has 1 saturated heterocycles. The second kappa shape index (κ2) is 6.84. The van der Waals surface area contributed by atoms with Gasteiger partial charge in [0.2, 0.25) is 5.91 Å². The van der Waals surface area contributed by atoms with Crippen LogP contribution >= 0.6 is 0 Å². The summed E-state index contributed by atoms with van der Waals surface area (Å²) in [6, 6.07) is 16.5. The summed E-state index contributed by atoms with van der Waals surface area (Å²) in [5.74, 6) is 1.83. The average Bonchev–Trinajstić information content (AvgIpc) is 3.32. The number of benzene rings is 2. The van der Waals surface area contributed by atoms with Gasteiger partial charge in [-0.25, -0.2) is 4.98 Å². The molecule has 1 aliphatic carbocycles. The quantitative estimate of drug-likeness (QED) is 0.683. The van der Waals surface area contributed by atoms with Crippen LogP contribution in [0.25, 0.3) is 11.1 Å². The number of oxazole rings is 1. The molecular weight excluding hydrogens is 336 g/mol. The number of likely N-dealkylation sites (tertiary alicyclic amines) is 1. The first-order valence-electron chi connectivity index (χ1n) is 9.99. The Hall–Kier alpha value is -2.62. The van der Waals surface area contributed by atoms with Crippen molar-refractivity contribution in [3.8, 4) is 0 Å². The molecule has 1 amide bonds. The van der Waals surface area contributed by atoms with Crippen molar-refractivity contribution in [2.24, 2.45) is 0 Å². The molecule has 2 aliphatic rings. The summed E-state index contributed by atoms with van der Waals surface area (Å²) in [5, 5.41) is 0. The molecule has 2 heterocycles. The molecular formula is C23H24N2O2. The summed E-state index contributed by atoms with van der Waals surface area (Å²) < 4.78 is 5.94. The minimum Gasteiger partial charge on any atom is -0.440 e. The van der Waals surface area contributed by atoms with Gasteiger partial charge in [0.15, 0.2) is 11.5 Å². The standard InChI is InChI=1S/C23H24N2O2/c26-22(15-18-10-9-16-5-1-2-6-19(16)18)25-13-11-17(12-14-25)23-24-20-7-3-4-8-21(20)27-23/h1-8,17-18H,9-15H2. The van der Waals surface area contributed by atoms with Crippen LogP contribution in [0.3, 0.4) is 0 Å². The molecule has 0 N–H and O–H groups in total. The van der Waals surface area contributed by atoms with Gasteiger partial charge in [-0.3, -0.25) is 4.79 Å². The SMILES string of the molecule is O=C(CC1CCc2ccccc21)N1CCC(c2nc3ccccc3o2)CC1. The van der Waals surface area contributed by atoms with Gasteiger partial charge in [-0.2, -0.15) is 0 Å². The lowest BCUT2D eigenvalue weighted by molar-refractivity contribution is -0.132. The van der Waals surface area contributed by atoms with Gasteiger partial charge in [0.1, 0.15) is 5.52 Å². The van der Waals surface area contributed by atoms with E-state index in [4.69, 9.17) is 4.42 Å². The highest BCUT2D eigenvalue weighted by Crippen LogP contribution is 2.36. The number of fused-ring (bicyclic) bond motifs is 2. The summed E-state index contributed by atoms with van der Waals surface area (Å²) in [6.45, 7) is 1.60. The number of aryl methyl sites for hydroxylation is 1. The maximum atomic E-state index is 12.8. The first-order valence-corrected chi connectivity index (χ1v) is 9.99. The molecule has 0 spiro atoms. The number of rotatable bonds is 3. The number of amides is 1. The van der Waals surface area contributed by atoms with Crippen LogP contribution in [0, 0.1) is 0 Å². The zero-order valence-corrected chi connectivity index (χ0v) is 15.4. The van der Waals surface area contributed by atoms with Gasteiger partial charge in [0.25, 0.3) is 0 Å². The van der Waals surface area contributed by atoms with Crippen molar-refractivity contribution in [2.75, 3.05) is 13.1 Å². The van der Waals surface area contributed by atoms with E-state index in [0.717, 1.165) is 55.8 Å². The molecule has 138 valence electrons. The third kappa shape index (κ3) is 3.14. The molecule has 4 nitrogen and oxygen atoms in total. The molecule has 1 atom stereocenters. The third-order valence-electron chi connectivity index (χ3n) is 6.19. The maximum absolute atomic E-state index is 12.8. The minimum absolute atomic E-state index is 0.299. The highest BCUT2D eigenvalue weighted by atomic mass is 16.3. The van der Waals surface area contributed by atoms with Gasteiger partial charge in [-0.1, -0.05) is 36.4 Å². The number of hydrogen-bond donors (Lipinski definition) is 0. The second-order valence-corrected chi connectivity index (χ2v) is 7.81. The summed E-state index contributed by atoms with van der Waals surface area (Å²) in [7, 11) is 0.